The third-order valence-electron chi connectivity index (χ3n) is 3.88. The third-order valence-corrected chi connectivity index (χ3v) is 3.88. The van der Waals surface area contributed by atoms with Gasteiger partial charge in [-0.3, -0.25) is 9.59 Å². The molecule has 4 nitrogen and oxygen atoms in total. The molecule has 0 atom stereocenters. The van der Waals surface area contributed by atoms with Crippen molar-refractivity contribution < 1.29 is 14.7 Å². The molecule has 0 fully saturated rings. The van der Waals surface area contributed by atoms with Crippen LogP contribution in [0, 0.1) is 5.41 Å². The van der Waals surface area contributed by atoms with Crippen molar-refractivity contribution in [2.45, 2.75) is 39.5 Å². The summed E-state index contributed by atoms with van der Waals surface area (Å²) >= 11 is 0. The first kappa shape index (κ1) is 16.2. The maximum Gasteiger partial charge on any atom is 0.310 e. The molecule has 20 heavy (non-hydrogen) atoms. The quantitative estimate of drug-likeness (QED) is 0.767. The molecule has 0 saturated carbocycles. The number of carbonyl (C=O) groups is 2. The molecule has 0 spiro atoms. The monoisotopic (exact) mass is 277 g/mol. The van der Waals surface area contributed by atoms with E-state index in [0.717, 1.165) is 12.0 Å². The Bertz CT molecular complexity index is 438. The number of amides is 1. The van der Waals surface area contributed by atoms with E-state index in [1.165, 1.54) is 0 Å². The summed E-state index contributed by atoms with van der Waals surface area (Å²) in [4.78, 5) is 23.2. The molecule has 0 unspecified atom stereocenters. The number of carbonyl (C=O) groups excluding carboxylic acids is 1. The zero-order valence-corrected chi connectivity index (χ0v) is 12.2. The molecule has 0 bridgehead atoms. The molecule has 0 aromatic heterocycles. The molecule has 0 heterocycles. The fourth-order valence-electron chi connectivity index (χ4n) is 2.24. The Hall–Kier alpha value is -1.84. The molecule has 0 aliphatic rings. The summed E-state index contributed by atoms with van der Waals surface area (Å²) in [5.74, 6) is -1.08. The predicted molar refractivity (Wildman–Crippen MR) is 78.4 cm³/mol. The van der Waals surface area contributed by atoms with Gasteiger partial charge in [0.2, 0.25) is 5.91 Å². The Morgan fingerprint density at radius 2 is 1.75 bits per heavy atom. The summed E-state index contributed by atoms with van der Waals surface area (Å²) in [5.41, 5.74) is 0.222. The summed E-state index contributed by atoms with van der Waals surface area (Å²) in [6, 6.07) is 9.88. The molecule has 1 aromatic rings. The normalized spacial score (nSPS) is 11.1. The fourth-order valence-corrected chi connectivity index (χ4v) is 2.24. The van der Waals surface area contributed by atoms with Crippen LogP contribution >= 0.6 is 0 Å². The first-order valence-electron chi connectivity index (χ1n) is 7.08. The van der Waals surface area contributed by atoms with Crippen molar-refractivity contribution in [2.24, 2.45) is 5.41 Å². The van der Waals surface area contributed by atoms with Gasteiger partial charge >= 0.3 is 5.97 Å². The lowest BCUT2D eigenvalue weighted by molar-refractivity contribution is -0.152. The number of nitrogens with one attached hydrogen (secondary N) is 1. The average Bonchev–Trinajstić information content (AvgIpc) is 2.45. The van der Waals surface area contributed by atoms with Gasteiger partial charge in [0.15, 0.2) is 0 Å². The van der Waals surface area contributed by atoms with Gasteiger partial charge in [-0.2, -0.15) is 0 Å². The number of rotatable bonds is 8. The second kappa shape index (κ2) is 7.68. The summed E-state index contributed by atoms with van der Waals surface area (Å²) in [6.45, 7) is 4.16. The van der Waals surface area contributed by atoms with Crippen LogP contribution in [0.3, 0.4) is 0 Å². The number of carboxylic acid groups (broad SMARTS) is 1. The second-order valence-corrected chi connectivity index (χ2v) is 5.05. The van der Waals surface area contributed by atoms with Crippen LogP contribution in [0.2, 0.25) is 0 Å². The molecular weight excluding hydrogens is 254 g/mol. The number of aliphatic carboxylic acids is 1. The van der Waals surface area contributed by atoms with E-state index < -0.39 is 11.4 Å². The van der Waals surface area contributed by atoms with Crippen molar-refractivity contribution in [2.75, 3.05) is 6.54 Å². The van der Waals surface area contributed by atoms with Gasteiger partial charge in [0.25, 0.3) is 0 Å². The molecule has 4 heteroatoms. The third kappa shape index (κ3) is 4.37. The minimum Gasteiger partial charge on any atom is -0.481 e. The Morgan fingerprint density at radius 1 is 1.15 bits per heavy atom. The molecule has 1 aromatic carbocycles. The number of hydrogen-bond acceptors (Lipinski definition) is 2. The first-order valence-corrected chi connectivity index (χ1v) is 7.08. The minimum atomic E-state index is -0.934. The lowest BCUT2D eigenvalue weighted by atomic mass is 9.79. The molecule has 1 amide bonds. The van der Waals surface area contributed by atoms with Gasteiger partial charge in [-0.25, -0.2) is 0 Å². The highest BCUT2D eigenvalue weighted by molar-refractivity contribution is 5.84. The highest BCUT2D eigenvalue weighted by Crippen LogP contribution is 2.30. The molecule has 0 saturated heterocycles. The van der Waals surface area contributed by atoms with Crippen molar-refractivity contribution in [1.29, 1.82) is 0 Å². The van der Waals surface area contributed by atoms with Gasteiger partial charge in [-0.05, 0) is 24.8 Å². The Morgan fingerprint density at radius 3 is 2.25 bits per heavy atom. The van der Waals surface area contributed by atoms with E-state index in [1.807, 2.05) is 44.2 Å². The number of benzene rings is 1. The molecule has 110 valence electrons. The van der Waals surface area contributed by atoms with E-state index in [9.17, 15) is 14.7 Å². The van der Waals surface area contributed by atoms with Crippen LogP contribution in [-0.4, -0.2) is 23.5 Å². The van der Waals surface area contributed by atoms with Crippen molar-refractivity contribution in [1.82, 2.24) is 5.32 Å². The average molecular weight is 277 g/mol. The molecule has 0 aliphatic heterocycles. The maximum atomic E-state index is 11.9. The summed E-state index contributed by atoms with van der Waals surface area (Å²) < 4.78 is 0. The highest BCUT2D eigenvalue weighted by Gasteiger charge is 2.36. The van der Waals surface area contributed by atoms with Gasteiger partial charge in [0.1, 0.15) is 0 Å². The second-order valence-electron chi connectivity index (χ2n) is 5.05. The summed E-state index contributed by atoms with van der Waals surface area (Å²) in [6.07, 6.45) is 1.73. The van der Waals surface area contributed by atoms with Crippen LogP contribution in [0.5, 0.6) is 0 Å². The van der Waals surface area contributed by atoms with Gasteiger partial charge in [0.05, 0.1) is 5.41 Å². The van der Waals surface area contributed by atoms with Gasteiger partial charge < -0.3 is 10.4 Å². The number of carboxylic acids is 1. The van der Waals surface area contributed by atoms with Gasteiger partial charge in [-0.15, -0.1) is 0 Å². The Balaban J connectivity index is 2.45. The molecule has 0 radical (unpaired) electrons. The topological polar surface area (TPSA) is 66.4 Å². The van der Waals surface area contributed by atoms with E-state index in [-0.39, 0.29) is 12.3 Å². The van der Waals surface area contributed by atoms with Crippen LogP contribution in [0.1, 0.15) is 38.7 Å². The van der Waals surface area contributed by atoms with E-state index >= 15 is 0 Å². The Kier molecular flexibility index (Phi) is 6.22. The largest absolute Gasteiger partial charge is 0.481 e. The SMILES string of the molecule is CCC(CC)(CC(=O)NCCc1ccccc1)C(=O)O. The lowest BCUT2D eigenvalue weighted by Crippen LogP contribution is -2.37. The number of hydrogen-bond donors (Lipinski definition) is 2. The van der Waals surface area contributed by atoms with Crippen molar-refractivity contribution in [3.05, 3.63) is 35.9 Å². The van der Waals surface area contributed by atoms with Crippen molar-refractivity contribution in [3.63, 3.8) is 0 Å². The molecule has 2 N–H and O–H groups in total. The zero-order chi connectivity index (χ0) is 15.0. The van der Waals surface area contributed by atoms with Crippen LogP contribution in [-0.2, 0) is 16.0 Å². The van der Waals surface area contributed by atoms with Crippen molar-refractivity contribution in [3.8, 4) is 0 Å². The van der Waals surface area contributed by atoms with E-state index in [2.05, 4.69) is 5.32 Å². The van der Waals surface area contributed by atoms with Crippen LogP contribution < -0.4 is 5.32 Å². The van der Waals surface area contributed by atoms with E-state index in [4.69, 9.17) is 0 Å². The van der Waals surface area contributed by atoms with Gasteiger partial charge in [-0.1, -0.05) is 44.2 Å². The summed E-state index contributed by atoms with van der Waals surface area (Å²) in [7, 11) is 0. The highest BCUT2D eigenvalue weighted by atomic mass is 16.4. The van der Waals surface area contributed by atoms with Crippen LogP contribution in [0.15, 0.2) is 30.3 Å². The zero-order valence-electron chi connectivity index (χ0n) is 12.2. The van der Waals surface area contributed by atoms with Gasteiger partial charge in [0, 0.05) is 13.0 Å². The maximum absolute atomic E-state index is 11.9. The van der Waals surface area contributed by atoms with Crippen molar-refractivity contribution >= 4 is 11.9 Å². The van der Waals surface area contributed by atoms with E-state index in [0.29, 0.717) is 19.4 Å². The minimum absolute atomic E-state index is 0.0458. The molecular formula is C16H23NO3. The van der Waals surface area contributed by atoms with Crippen LogP contribution in [0.25, 0.3) is 0 Å². The molecule has 0 aliphatic carbocycles. The molecule has 1 rings (SSSR count). The predicted octanol–water partition coefficient (Wildman–Crippen LogP) is 2.63. The Labute approximate surface area is 120 Å². The first-order chi connectivity index (χ1) is 9.54. The van der Waals surface area contributed by atoms with Crippen LogP contribution in [0.4, 0.5) is 0 Å². The standard InChI is InChI=1S/C16H23NO3/c1-3-16(4-2,15(19)20)12-14(18)17-11-10-13-8-6-5-7-9-13/h5-9H,3-4,10-12H2,1-2H3,(H,17,18)(H,19,20). The smallest absolute Gasteiger partial charge is 0.310 e. The fraction of sp³-hybridized carbons (Fsp3) is 0.500. The summed E-state index contributed by atoms with van der Waals surface area (Å²) in [5, 5.41) is 12.1. The lowest BCUT2D eigenvalue weighted by Gasteiger charge is -2.25. The van der Waals surface area contributed by atoms with E-state index in [1.54, 1.807) is 0 Å².